The van der Waals surface area contributed by atoms with Crippen molar-refractivity contribution >= 4 is 115 Å². The Labute approximate surface area is 566 Å². The predicted octanol–water partition coefficient (Wildman–Crippen LogP) is 9.14. The molecule has 7 aromatic heterocycles. The van der Waals surface area contributed by atoms with Gasteiger partial charge in [0, 0.05) is 77.9 Å². The fraction of sp³-hybridized carbons (Fsp3) is 0.438. The van der Waals surface area contributed by atoms with Crippen LogP contribution in [0.5, 0.6) is 0 Å². The van der Waals surface area contributed by atoms with E-state index in [0.29, 0.717) is 110 Å². The molecule has 8 aromatic rings. The van der Waals surface area contributed by atoms with Crippen LogP contribution in [0.25, 0.3) is 42.5 Å². The Balaban J connectivity index is 0.842. The quantitative estimate of drug-likeness (QED) is 0.0599. The molecule has 0 radical (unpaired) electrons. The SMILES string of the molecule is CNC(=O)C[C@@H]1NC(=O)c2csc(n2)-c2ccc(-c3nc(NC(=O)C4CCC(C(=O)N5CCC(N6CCCC6)CC5)CC4)cs3)nc2-c2cnc(s2)-c2csc(n2)[C@H]([C@@H](O)c2ccccc2)NC(=O)CNC(=O)c2nc(sc2COC)[C@H](C(C)C)NC(=O)c2nc1sc2C. The van der Waals surface area contributed by atoms with Gasteiger partial charge in [0.1, 0.15) is 70.8 Å². The molecule has 7 N–H and O–H groups in total. The number of carbonyl (C=O) groups is 7. The van der Waals surface area contributed by atoms with Crippen LogP contribution in [0.4, 0.5) is 5.82 Å². The highest BCUT2D eigenvalue weighted by atomic mass is 32.1. The number of hydrogen-bond acceptors (Lipinski definition) is 23. The Morgan fingerprint density at radius 1 is 0.691 bits per heavy atom. The summed E-state index contributed by atoms with van der Waals surface area (Å²) in [5, 5.41) is 36.9. The van der Waals surface area contributed by atoms with Crippen LogP contribution in [0.3, 0.4) is 0 Å². The summed E-state index contributed by atoms with van der Waals surface area (Å²) in [7, 11) is 2.96. The number of benzene rings is 1. The van der Waals surface area contributed by atoms with E-state index in [0.717, 1.165) is 50.4 Å². The number of methoxy groups -OCH3 is 1. The zero-order valence-corrected chi connectivity index (χ0v) is 57.2. The first-order chi connectivity index (χ1) is 45.5. The van der Waals surface area contributed by atoms with E-state index in [9.17, 15) is 38.7 Å². The predicted molar refractivity (Wildman–Crippen MR) is 361 cm³/mol. The number of nitrogens with one attached hydrogen (secondary N) is 6. The van der Waals surface area contributed by atoms with Gasteiger partial charge in [0.15, 0.2) is 0 Å². The third-order valence-electron chi connectivity index (χ3n) is 17.4. The molecular formula is C64H71N15O9S6. The first-order valence-corrected chi connectivity index (χ1v) is 36.3. The number of aromatic nitrogens is 7. The lowest BCUT2D eigenvalue weighted by Gasteiger charge is -2.39. The van der Waals surface area contributed by atoms with Crippen LogP contribution in [-0.4, -0.2) is 144 Å². The molecular weight excluding hydrogens is 1320 g/mol. The minimum atomic E-state index is -1.27. The molecule has 3 fully saturated rings. The van der Waals surface area contributed by atoms with E-state index in [1.807, 2.05) is 30.9 Å². The maximum absolute atomic E-state index is 14.4. The van der Waals surface area contributed by atoms with Gasteiger partial charge in [-0.1, -0.05) is 44.2 Å². The van der Waals surface area contributed by atoms with E-state index in [1.54, 1.807) is 59.6 Å². The lowest BCUT2D eigenvalue weighted by molar-refractivity contribution is -0.139. The molecule has 0 spiro atoms. The van der Waals surface area contributed by atoms with Gasteiger partial charge in [0.05, 0.1) is 52.8 Å². The van der Waals surface area contributed by atoms with Gasteiger partial charge in [0.25, 0.3) is 17.7 Å². The zero-order chi connectivity index (χ0) is 65.7. The van der Waals surface area contributed by atoms with Gasteiger partial charge in [-0.05, 0) is 95.0 Å². The van der Waals surface area contributed by atoms with E-state index < -0.39 is 54.4 Å². The third kappa shape index (κ3) is 14.9. The summed E-state index contributed by atoms with van der Waals surface area (Å²) in [5.41, 5.74) is 2.55. The molecule has 30 heteroatoms. The number of nitrogens with zero attached hydrogens (tertiary/aromatic N) is 9. The Hall–Kier alpha value is -7.68. The molecule has 4 atom stereocenters. The van der Waals surface area contributed by atoms with Crippen LogP contribution in [0, 0.1) is 24.7 Å². The number of thiazole rings is 6. The molecule has 492 valence electrons. The number of aryl methyl sites for hydroxylation is 1. The normalized spacial score (nSPS) is 20.6. The average Bonchev–Trinajstić information content (AvgIpc) is 1.64. The van der Waals surface area contributed by atoms with Crippen LogP contribution >= 0.6 is 68.0 Å². The standard InChI is InChI=1S/C64H71N15O9S6/c1-32(2)48-63-77-51(44(94-63)28-88-5)56(85)66-27-47(81)74-52(53(82)34-11-7-6-8-12-34)62-71-42(30-90-62)59-67-26-43(93-59)50-38(58-70-41(29-89-58)55(84)69-40(25-46(80)65-4)61-76-49(33(3)92-61)57(86)75-48)17-18-39(68-50)60-73-45(31-91-60)72-54(83)35-13-15-36(16-14-35)64(87)79-23-19-37(20-24-79)78-21-9-10-22-78/h6-8,11-12,17-18,26,29-32,35-37,40,48,52-53,82H,9-10,13-16,19-25,27-28H2,1-5H3,(H,65,80)(H,66,85)(H,69,84)(H,72,83)(H,74,81)(H,75,86)/t35?,36?,40-,48-,52-,53-/m0/s1. The maximum atomic E-state index is 14.4. The first kappa shape index (κ1) is 66.3. The Morgan fingerprint density at radius 3 is 2.17 bits per heavy atom. The van der Waals surface area contributed by atoms with Crippen molar-refractivity contribution in [2.24, 2.45) is 17.8 Å². The Morgan fingerprint density at radius 2 is 1.43 bits per heavy atom. The third-order valence-corrected chi connectivity index (χ3v) is 23.3. The number of pyridine rings is 1. The Bertz CT molecular complexity index is 4080. The number of ether oxygens (including phenoxy) is 1. The number of likely N-dealkylation sites (tertiary alicyclic amines) is 2. The lowest BCUT2D eigenvalue weighted by Crippen LogP contribution is -2.48. The van der Waals surface area contributed by atoms with Crippen LogP contribution in [0.15, 0.2) is 64.8 Å². The van der Waals surface area contributed by atoms with Crippen molar-refractivity contribution in [1.82, 2.24) is 71.3 Å². The van der Waals surface area contributed by atoms with Crippen molar-refractivity contribution in [3.05, 3.63) is 112 Å². The van der Waals surface area contributed by atoms with Crippen LogP contribution in [-0.2, 0) is 30.5 Å². The summed E-state index contributed by atoms with van der Waals surface area (Å²) < 4.78 is 5.47. The van der Waals surface area contributed by atoms with Crippen molar-refractivity contribution in [2.45, 2.75) is 115 Å². The smallest absolute Gasteiger partial charge is 0.271 e. The number of rotatable bonds is 12. The van der Waals surface area contributed by atoms with Crippen LogP contribution < -0.4 is 31.9 Å². The molecule has 2 saturated heterocycles. The van der Waals surface area contributed by atoms with Crippen LogP contribution in [0.2, 0.25) is 0 Å². The van der Waals surface area contributed by atoms with Gasteiger partial charge in [-0.2, -0.15) is 0 Å². The fourth-order valence-corrected chi connectivity index (χ4v) is 17.9. The number of carbonyl (C=O) groups excluding carboxylic acids is 7. The Kier molecular flexibility index (Phi) is 20.8. The number of hydrogen-bond donors (Lipinski definition) is 7. The van der Waals surface area contributed by atoms with Gasteiger partial charge >= 0.3 is 0 Å². The second-order valence-corrected chi connectivity index (χ2v) is 30.0. The second kappa shape index (κ2) is 29.5. The van der Waals surface area contributed by atoms with Crippen molar-refractivity contribution in [3.8, 4) is 42.5 Å². The summed E-state index contributed by atoms with van der Waals surface area (Å²) in [4.78, 5) is 138. The number of aliphatic hydroxyl groups excluding tert-OH is 1. The van der Waals surface area contributed by atoms with Gasteiger partial charge in [0.2, 0.25) is 23.6 Å². The summed E-state index contributed by atoms with van der Waals surface area (Å²) in [6, 6.07) is 10.2. The monoisotopic (exact) mass is 1390 g/mol. The molecule has 12 rings (SSSR count). The number of aliphatic hydroxyl groups is 1. The van der Waals surface area contributed by atoms with E-state index in [-0.39, 0.29) is 65.6 Å². The van der Waals surface area contributed by atoms with E-state index >= 15 is 0 Å². The first-order valence-electron chi connectivity index (χ1n) is 31.3. The molecule has 1 aromatic carbocycles. The van der Waals surface area contributed by atoms with Crippen molar-refractivity contribution in [2.75, 3.05) is 52.2 Å². The molecule has 10 heterocycles. The van der Waals surface area contributed by atoms with E-state index in [2.05, 4.69) is 36.8 Å². The van der Waals surface area contributed by atoms with Gasteiger partial charge < -0.3 is 51.5 Å². The van der Waals surface area contributed by atoms with Crippen molar-refractivity contribution in [1.29, 1.82) is 0 Å². The van der Waals surface area contributed by atoms with Gasteiger partial charge in [-0.25, -0.2) is 34.9 Å². The fourth-order valence-electron chi connectivity index (χ4n) is 12.3. The molecule has 0 unspecified atom stereocenters. The maximum Gasteiger partial charge on any atom is 0.271 e. The topological polar surface area (TPSA) is 318 Å². The summed E-state index contributed by atoms with van der Waals surface area (Å²) >= 11 is 7.32. The minimum Gasteiger partial charge on any atom is -0.386 e. The van der Waals surface area contributed by atoms with Crippen molar-refractivity contribution < 1.29 is 43.4 Å². The summed E-state index contributed by atoms with van der Waals surface area (Å²) in [6.07, 6.45) is 7.26. The minimum absolute atomic E-state index is 0.00353. The number of piperidine rings is 1. The van der Waals surface area contributed by atoms with Gasteiger partial charge in [-0.3, -0.25) is 33.6 Å². The molecule has 3 aliphatic heterocycles. The molecule has 4 aliphatic rings. The average molecular weight is 1390 g/mol. The molecule has 7 amide bonds. The molecule has 1 saturated carbocycles. The molecule has 24 nitrogen and oxygen atoms in total. The largest absolute Gasteiger partial charge is 0.386 e. The second-order valence-electron chi connectivity index (χ2n) is 24.0. The number of anilines is 1. The van der Waals surface area contributed by atoms with E-state index in [1.165, 1.54) is 83.7 Å². The highest BCUT2D eigenvalue weighted by molar-refractivity contribution is 7.19. The summed E-state index contributed by atoms with van der Waals surface area (Å²) in [5.74, 6) is -2.97. The highest BCUT2D eigenvalue weighted by Crippen LogP contribution is 2.42. The van der Waals surface area contributed by atoms with Gasteiger partial charge in [-0.15, -0.1) is 68.0 Å². The number of fused-ring (bicyclic) bond motifs is 14. The molecule has 10 bridgehead atoms. The highest BCUT2D eigenvalue weighted by Gasteiger charge is 2.37. The molecule has 94 heavy (non-hydrogen) atoms. The van der Waals surface area contributed by atoms with Crippen LogP contribution in [0.1, 0.15) is 158 Å². The van der Waals surface area contributed by atoms with E-state index in [4.69, 9.17) is 39.6 Å². The lowest BCUT2D eigenvalue weighted by atomic mass is 9.80. The van der Waals surface area contributed by atoms with Crippen molar-refractivity contribution in [3.63, 3.8) is 0 Å². The zero-order valence-electron chi connectivity index (χ0n) is 52.3. The summed E-state index contributed by atoms with van der Waals surface area (Å²) in [6.45, 7) is 8.91. The molecule has 1 aliphatic carbocycles. The number of amides is 7.